The predicted octanol–water partition coefficient (Wildman–Crippen LogP) is 4.09. The summed E-state index contributed by atoms with van der Waals surface area (Å²) in [6.45, 7) is 1.96. The SMILES string of the molecule is CCc1ccc(-c2nc(C(F)(F)F)c(C(=O)O)s2)cc1. The lowest BCUT2D eigenvalue weighted by Crippen LogP contribution is -2.11. The number of halogens is 3. The van der Waals surface area contributed by atoms with Crippen LogP contribution in [0.3, 0.4) is 0 Å². The first-order valence-corrected chi connectivity index (χ1v) is 6.55. The highest BCUT2D eigenvalue weighted by molar-refractivity contribution is 7.17. The van der Waals surface area contributed by atoms with E-state index in [4.69, 9.17) is 5.11 Å². The number of benzene rings is 1. The van der Waals surface area contributed by atoms with E-state index in [0.29, 0.717) is 16.9 Å². The predicted molar refractivity (Wildman–Crippen MR) is 68.9 cm³/mol. The van der Waals surface area contributed by atoms with Gasteiger partial charge in [-0.1, -0.05) is 31.2 Å². The molecule has 3 nitrogen and oxygen atoms in total. The van der Waals surface area contributed by atoms with Crippen LogP contribution >= 0.6 is 11.3 Å². The average molecular weight is 301 g/mol. The van der Waals surface area contributed by atoms with E-state index in [1.165, 1.54) is 0 Å². The minimum absolute atomic E-state index is 0.0531. The van der Waals surface area contributed by atoms with Gasteiger partial charge in [-0.05, 0) is 12.0 Å². The number of nitrogens with zero attached hydrogens (tertiary/aromatic N) is 1. The zero-order valence-electron chi connectivity index (χ0n) is 10.4. The van der Waals surface area contributed by atoms with Crippen molar-refractivity contribution >= 4 is 17.3 Å². The van der Waals surface area contributed by atoms with Crippen LogP contribution in [-0.2, 0) is 12.6 Å². The van der Waals surface area contributed by atoms with Crippen LogP contribution in [0.15, 0.2) is 24.3 Å². The topological polar surface area (TPSA) is 50.2 Å². The van der Waals surface area contributed by atoms with Crippen LogP contribution < -0.4 is 0 Å². The number of alkyl halides is 3. The first-order valence-electron chi connectivity index (χ1n) is 5.73. The summed E-state index contributed by atoms with van der Waals surface area (Å²) in [6, 6.07) is 6.85. The molecule has 1 aromatic carbocycles. The highest BCUT2D eigenvalue weighted by Crippen LogP contribution is 2.37. The summed E-state index contributed by atoms with van der Waals surface area (Å²) >= 11 is 0.530. The van der Waals surface area contributed by atoms with Crippen LogP contribution in [0.2, 0.25) is 0 Å². The Balaban J connectivity index is 2.50. The molecule has 7 heteroatoms. The Morgan fingerprint density at radius 2 is 1.90 bits per heavy atom. The summed E-state index contributed by atoms with van der Waals surface area (Å²) in [5.74, 6) is -1.62. The van der Waals surface area contributed by atoms with Crippen molar-refractivity contribution in [2.75, 3.05) is 0 Å². The number of carboxylic acids is 1. The van der Waals surface area contributed by atoms with E-state index >= 15 is 0 Å². The molecule has 0 bridgehead atoms. The zero-order chi connectivity index (χ0) is 14.9. The summed E-state index contributed by atoms with van der Waals surface area (Å²) in [4.78, 5) is 13.5. The highest BCUT2D eigenvalue weighted by Gasteiger charge is 2.39. The number of carboxylic acid groups (broad SMARTS) is 1. The van der Waals surface area contributed by atoms with E-state index in [1.54, 1.807) is 24.3 Å². The molecule has 1 heterocycles. The monoisotopic (exact) mass is 301 g/mol. The van der Waals surface area contributed by atoms with Gasteiger partial charge in [0.15, 0.2) is 5.69 Å². The second kappa shape index (κ2) is 5.24. The maximum atomic E-state index is 12.7. The second-order valence-corrected chi connectivity index (χ2v) is 5.05. The Labute approximate surface area is 116 Å². The van der Waals surface area contributed by atoms with Gasteiger partial charge in [0, 0.05) is 5.56 Å². The van der Waals surface area contributed by atoms with E-state index in [9.17, 15) is 18.0 Å². The first-order chi connectivity index (χ1) is 9.32. The van der Waals surface area contributed by atoms with Gasteiger partial charge < -0.3 is 5.11 Å². The van der Waals surface area contributed by atoms with Crippen LogP contribution in [0.25, 0.3) is 10.6 Å². The Hall–Kier alpha value is -1.89. The number of aromatic carboxylic acids is 1. The van der Waals surface area contributed by atoms with E-state index in [1.807, 2.05) is 6.92 Å². The largest absolute Gasteiger partial charge is 0.477 e. The van der Waals surface area contributed by atoms with E-state index < -0.39 is 22.7 Å². The summed E-state index contributed by atoms with van der Waals surface area (Å²) in [5.41, 5.74) is 0.176. The maximum Gasteiger partial charge on any atom is 0.435 e. The third-order valence-electron chi connectivity index (χ3n) is 2.70. The van der Waals surface area contributed by atoms with Crippen molar-refractivity contribution in [1.29, 1.82) is 0 Å². The van der Waals surface area contributed by atoms with Crippen molar-refractivity contribution in [2.24, 2.45) is 0 Å². The van der Waals surface area contributed by atoms with Crippen LogP contribution in [0, 0.1) is 0 Å². The van der Waals surface area contributed by atoms with E-state index in [2.05, 4.69) is 4.98 Å². The van der Waals surface area contributed by atoms with Crippen molar-refractivity contribution in [2.45, 2.75) is 19.5 Å². The minimum atomic E-state index is -4.77. The summed E-state index contributed by atoms with van der Waals surface area (Å²) in [7, 11) is 0. The summed E-state index contributed by atoms with van der Waals surface area (Å²) in [5, 5.41) is 8.89. The van der Waals surface area contributed by atoms with E-state index in [0.717, 1.165) is 12.0 Å². The molecule has 0 saturated carbocycles. The van der Waals surface area contributed by atoms with Gasteiger partial charge in [0.05, 0.1) is 0 Å². The lowest BCUT2D eigenvalue weighted by molar-refractivity contribution is -0.141. The zero-order valence-corrected chi connectivity index (χ0v) is 11.2. The third-order valence-corrected chi connectivity index (χ3v) is 3.79. The molecule has 0 amide bonds. The van der Waals surface area contributed by atoms with Crippen molar-refractivity contribution in [3.05, 3.63) is 40.4 Å². The van der Waals surface area contributed by atoms with Gasteiger partial charge in [-0.25, -0.2) is 9.78 Å². The lowest BCUT2D eigenvalue weighted by atomic mass is 10.1. The van der Waals surface area contributed by atoms with Gasteiger partial charge in [0.25, 0.3) is 0 Å². The van der Waals surface area contributed by atoms with Crippen LogP contribution in [0.5, 0.6) is 0 Å². The fourth-order valence-electron chi connectivity index (χ4n) is 1.66. The molecule has 1 aromatic heterocycles. The van der Waals surface area contributed by atoms with Crippen LogP contribution in [0.1, 0.15) is 27.9 Å². The Kier molecular flexibility index (Phi) is 3.80. The van der Waals surface area contributed by atoms with Crippen LogP contribution in [-0.4, -0.2) is 16.1 Å². The number of aryl methyl sites for hydroxylation is 1. The molecule has 0 fully saturated rings. The number of hydrogen-bond donors (Lipinski definition) is 1. The van der Waals surface area contributed by atoms with Gasteiger partial charge in [-0.2, -0.15) is 13.2 Å². The summed E-state index contributed by atoms with van der Waals surface area (Å²) < 4.78 is 38.2. The summed E-state index contributed by atoms with van der Waals surface area (Å²) in [6.07, 6.45) is -3.96. The quantitative estimate of drug-likeness (QED) is 0.929. The molecule has 2 rings (SSSR count). The number of thiazole rings is 1. The maximum absolute atomic E-state index is 12.7. The standard InChI is InChI=1S/C13H10F3NO2S/c1-2-7-3-5-8(6-4-7)11-17-10(13(14,15)16)9(20-11)12(18)19/h3-6H,2H2,1H3,(H,18,19). The molecule has 0 saturated heterocycles. The first kappa shape index (κ1) is 14.5. The molecule has 0 aliphatic rings. The Morgan fingerprint density at radius 3 is 2.30 bits per heavy atom. The smallest absolute Gasteiger partial charge is 0.435 e. The lowest BCUT2D eigenvalue weighted by Gasteiger charge is -2.02. The normalized spacial score (nSPS) is 11.6. The molecule has 0 aliphatic heterocycles. The number of rotatable bonds is 3. The van der Waals surface area contributed by atoms with Crippen molar-refractivity contribution in [3.63, 3.8) is 0 Å². The van der Waals surface area contributed by atoms with Gasteiger partial charge in [-0.15, -0.1) is 11.3 Å². The molecular formula is C13H10F3NO2S. The molecule has 0 unspecified atom stereocenters. The van der Waals surface area contributed by atoms with Gasteiger partial charge in [0.2, 0.25) is 0 Å². The molecular weight excluding hydrogens is 291 g/mol. The number of aromatic nitrogens is 1. The molecule has 2 aromatic rings. The van der Waals surface area contributed by atoms with Crippen LogP contribution in [0.4, 0.5) is 13.2 Å². The third kappa shape index (κ3) is 2.82. The van der Waals surface area contributed by atoms with Crippen molar-refractivity contribution in [3.8, 4) is 10.6 Å². The fourth-order valence-corrected chi connectivity index (χ4v) is 2.59. The molecule has 0 spiro atoms. The van der Waals surface area contributed by atoms with Crippen molar-refractivity contribution in [1.82, 2.24) is 4.98 Å². The van der Waals surface area contributed by atoms with E-state index in [-0.39, 0.29) is 5.01 Å². The number of carbonyl (C=O) groups is 1. The van der Waals surface area contributed by atoms with Gasteiger partial charge >= 0.3 is 12.1 Å². The molecule has 20 heavy (non-hydrogen) atoms. The minimum Gasteiger partial charge on any atom is -0.477 e. The Morgan fingerprint density at radius 1 is 1.30 bits per heavy atom. The second-order valence-electron chi connectivity index (χ2n) is 4.05. The molecule has 0 atom stereocenters. The van der Waals surface area contributed by atoms with Gasteiger partial charge in [-0.3, -0.25) is 0 Å². The average Bonchev–Trinajstić information content (AvgIpc) is 2.84. The van der Waals surface area contributed by atoms with Gasteiger partial charge in [0.1, 0.15) is 9.88 Å². The molecule has 106 valence electrons. The molecule has 0 radical (unpaired) electrons. The number of hydrogen-bond acceptors (Lipinski definition) is 3. The molecule has 1 N–H and O–H groups in total. The Bertz CT molecular complexity index is 632. The fraction of sp³-hybridized carbons (Fsp3) is 0.231. The van der Waals surface area contributed by atoms with Crippen molar-refractivity contribution < 1.29 is 23.1 Å². The highest BCUT2D eigenvalue weighted by atomic mass is 32.1. The molecule has 0 aliphatic carbocycles.